The van der Waals surface area contributed by atoms with Crippen LogP contribution >= 0.6 is 11.6 Å². The van der Waals surface area contributed by atoms with E-state index < -0.39 is 0 Å². The lowest BCUT2D eigenvalue weighted by Crippen LogP contribution is -2.18. The smallest absolute Gasteiger partial charge is 0.173 e. The van der Waals surface area contributed by atoms with Gasteiger partial charge in [0.1, 0.15) is 0 Å². The number of benzene rings is 1. The largest absolute Gasteiger partial charge is 0.311 e. The maximum absolute atomic E-state index is 6.20. The lowest BCUT2D eigenvalue weighted by molar-refractivity contribution is 0.588. The molecule has 2 rings (SSSR count). The molecule has 0 aliphatic rings. The zero-order valence-corrected chi connectivity index (χ0v) is 10.7. The molecule has 1 N–H and O–H groups in total. The second kappa shape index (κ2) is 4.81. The molecule has 0 fully saturated rings. The highest BCUT2D eigenvalue weighted by Gasteiger charge is 2.17. The Balaban J connectivity index is 2.58. The molecule has 0 amide bonds. The Kier molecular flexibility index (Phi) is 3.40. The fourth-order valence-electron chi connectivity index (χ4n) is 1.64. The predicted octanol–water partition coefficient (Wildman–Crippen LogP) is 1.90. The van der Waals surface area contributed by atoms with Gasteiger partial charge in [-0.3, -0.25) is 0 Å². The summed E-state index contributed by atoms with van der Waals surface area (Å²) in [7, 11) is 1.86. The molecule has 5 nitrogen and oxygen atoms in total. The molecule has 1 heterocycles. The highest BCUT2D eigenvalue weighted by Crippen LogP contribution is 2.25. The van der Waals surface area contributed by atoms with Gasteiger partial charge in [0.15, 0.2) is 5.82 Å². The van der Waals surface area contributed by atoms with E-state index in [-0.39, 0.29) is 6.04 Å². The normalized spacial score (nSPS) is 12.7. The number of nitrogens with zero attached hydrogens (tertiary/aromatic N) is 4. The van der Waals surface area contributed by atoms with Crippen molar-refractivity contribution in [3.63, 3.8) is 0 Å². The maximum Gasteiger partial charge on any atom is 0.173 e. The van der Waals surface area contributed by atoms with Crippen LogP contribution in [0, 0.1) is 6.92 Å². The van der Waals surface area contributed by atoms with E-state index in [9.17, 15) is 0 Å². The average Bonchev–Trinajstić information content (AvgIpc) is 2.77. The lowest BCUT2D eigenvalue weighted by atomic mass is 10.2. The van der Waals surface area contributed by atoms with Crippen molar-refractivity contribution >= 4 is 11.6 Å². The van der Waals surface area contributed by atoms with Crippen molar-refractivity contribution in [2.45, 2.75) is 19.9 Å². The van der Waals surface area contributed by atoms with Gasteiger partial charge in [0.25, 0.3) is 0 Å². The zero-order valence-electron chi connectivity index (χ0n) is 9.98. The number of para-hydroxylation sites is 1. The summed E-state index contributed by atoms with van der Waals surface area (Å²) in [5, 5.41) is 15.5. The molecule has 17 heavy (non-hydrogen) atoms. The van der Waals surface area contributed by atoms with E-state index in [0.717, 1.165) is 17.1 Å². The summed E-state index contributed by atoms with van der Waals surface area (Å²) in [6, 6.07) is 5.78. The molecule has 0 saturated heterocycles. The molecule has 1 atom stereocenters. The van der Waals surface area contributed by atoms with E-state index in [0.29, 0.717) is 5.02 Å². The second-order valence-corrected chi connectivity index (χ2v) is 4.27. The number of nitrogens with one attached hydrogen (secondary N) is 1. The van der Waals surface area contributed by atoms with Gasteiger partial charge in [-0.25, -0.2) is 0 Å². The summed E-state index contributed by atoms with van der Waals surface area (Å²) in [5.74, 6) is 0.740. The molecule has 0 radical (unpaired) electrons. The number of hydrogen-bond donors (Lipinski definition) is 1. The molecule has 0 bridgehead atoms. The molecule has 0 aliphatic carbocycles. The van der Waals surface area contributed by atoms with Crippen LogP contribution in [-0.2, 0) is 0 Å². The first kappa shape index (κ1) is 12.0. The Morgan fingerprint density at radius 3 is 2.82 bits per heavy atom. The van der Waals surface area contributed by atoms with Crippen LogP contribution in [-0.4, -0.2) is 27.3 Å². The van der Waals surface area contributed by atoms with Gasteiger partial charge < -0.3 is 5.32 Å². The van der Waals surface area contributed by atoms with Crippen LogP contribution in [0.15, 0.2) is 18.2 Å². The number of aryl methyl sites for hydroxylation is 1. The standard InChI is InChI=1S/C11H14ClN5/c1-7-5-4-6-9(12)10(7)17-11(8(2)13-3)14-15-16-17/h4-6,8,13H,1-3H3. The summed E-state index contributed by atoms with van der Waals surface area (Å²) in [5.41, 5.74) is 1.87. The highest BCUT2D eigenvalue weighted by molar-refractivity contribution is 6.32. The Labute approximate surface area is 105 Å². The van der Waals surface area contributed by atoms with Crippen LogP contribution in [0.3, 0.4) is 0 Å². The Bertz CT molecular complexity index is 502. The molecule has 2 aromatic rings. The monoisotopic (exact) mass is 251 g/mol. The molecule has 0 aliphatic heterocycles. The van der Waals surface area contributed by atoms with Crippen molar-refractivity contribution in [3.05, 3.63) is 34.6 Å². The van der Waals surface area contributed by atoms with Crippen molar-refractivity contribution in [3.8, 4) is 5.69 Å². The first-order chi connectivity index (χ1) is 8.15. The van der Waals surface area contributed by atoms with Crippen LogP contribution in [0.2, 0.25) is 5.02 Å². The van der Waals surface area contributed by atoms with Gasteiger partial charge >= 0.3 is 0 Å². The molecule has 0 saturated carbocycles. The summed E-state index contributed by atoms with van der Waals surface area (Å²) in [4.78, 5) is 0. The molecule has 90 valence electrons. The van der Waals surface area contributed by atoms with Crippen molar-refractivity contribution in [1.29, 1.82) is 0 Å². The number of hydrogen-bond acceptors (Lipinski definition) is 4. The maximum atomic E-state index is 6.20. The summed E-state index contributed by atoms with van der Waals surface area (Å²) in [6.45, 7) is 3.98. The quantitative estimate of drug-likeness (QED) is 0.905. The Morgan fingerprint density at radius 2 is 2.18 bits per heavy atom. The number of tetrazole rings is 1. The second-order valence-electron chi connectivity index (χ2n) is 3.86. The van der Waals surface area contributed by atoms with Crippen molar-refractivity contribution < 1.29 is 0 Å². The SMILES string of the molecule is CNC(C)c1nnnn1-c1c(C)cccc1Cl. The van der Waals surface area contributed by atoms with Crippen LogP contribution in [0.25, 0.3) is 5.69 Å². The molecule has 6 heteroatoms. The third-order valence-corrected chi connectivity index (χ3v) is 3.02. The Morgan fingerprint density at radius 1 is 1.41 bits per heavy atom. The van der Waals surface area contributed by atoms with E-state index >= 15 is 0 Å². The zero-order chi connectivity index (χ0) is 12.4. The van der Waals surface area contributed by atoms with E-state index in [2.05, 4.69) is 20.8 Å². The first-order valence-electron chi connectivity index (χ1n) is 5.36. The molecule has 0 spiro atoms. The number of halogens is 1. The Hall–Kier alpha value is -1.46. The molecule has 1 aromatic heterocycles. The van der Waals surface area contributed by atoms with Gasteiger partial charge in [-0.05, 0) is 43.0 Å². The number of aromatic nitrogens is 4. The van der Waals surface area contributed by atoms with Gasteiger partial charge in [-0.1, -0.05) is 23.7 Å². The van der Waals surface area contributed by atoms with Crippen LogP contribution < -0.4 is 5.32 Å². The van der Waals surface area contributed by atoms with Crippen molar-refractivity contribution in [1.82, 2.24) is 25.5 Å². The van der Waals surface area contributed by atoms with E-state index in [1.165, 1.54) is 0 Å². The van der Waals surface area contributed by atoms with Crippen molar-refractivity contribution in [2.75, 3.05) is 7.05 Å². The molecular formula is C11H14ClN5. The van der Waals surface area contributed by atoms with Crippen molar-refractivity contribution in [2.24, 2.45) is 0 Å². The van der Waals surface area contributed by atoms with E-state index in [1.807, 2.05) is 39.1 Å². The average molecular weight is 252 g/mol. The van der Waals surface area contributed by atoms with E-state index in [4.69, 9.17) is 11.6 Å². The minimum absolute atomic E-state index is 0.0562. The van der Waals surface area contributed by atoms with Crippen LogP contribution in [0.4, 0.5) is 0 Å². The molecular weight excluding hydrogens is 238 g/mol. The molecule has 1 unspecified atom stereocenters. The summed E-state index contributed by atoms with van der Waals surface area (Å²) in [6.07, 6.45) is 0. The topological polar surface area (TPSA) is 55.6 Å². The van der Waals surface area contributed by atoms with Crippen LogP contribution in [0.1, 0.15) is 24.4 Å². The van der Waals surface area contributed by atoms with Gasteiger partial charge in [0, 0.05) is 0 Å². The van der Waals surface area contributed by atoms with Gasteiger partial charge in [0.2, 0.25) is 0 Å². The summed E-state index contributed by atoms with van der Waals surface area (Å²) < 4.78 is 1.68. The first-order valence-corrected chi connectivity index (χ1v) is 5.74. The fourth-order valence-corrected chi connectivity index (χ4v) is 1.95. The van der Waals surface area contributed by atoms with Gasteiger partial charge in [-0.15, -0.1) is 5.10 Å². The third-order valence-electron chi connectivity index (χ3n) is 2.71. The van der Waals surface area contributed by atoms with Crippen LogP contribution in [0.5, 0.6) is 0 Å². The minimum atomic E-state index is 0.0562. The summed E-state index contributed by atoms with van der Waals surface area (Å²) >= 11 is 6.20. The number of rotatable bonds is 3. The fraction of sp³-hybridized carbons (Fsp3) is 0.364. The lowest BCUT2D eigenvalue weighted by Gasteiger charge is -2.13. The predicted molar refractivity (Wildman–Crippen MR) is 66.4 cm³/mol. The minimum Gasteiger partial charge on any atom is -0.311 e. The third kappa shape index (κ3) is 2.16. The van der Waals surface area contributed by atoms with Gasteiger partial charge in [-0.2, -0.15) is 4.68 Å². The highest BCUT2D eigenvalue weighted by atomic mass is 35.5. The van der Waals surface area contributed by atoms with E-state index in [1.54, 1.807) is 4.68 Å². The molecule has 1 aromatic carbocycles. The van der Waals surface area contributed by atoms with Gasteiger partial charge in [0.05, 0.1) is 16.8 Å².